The van der Waals surface area contributed by atoms with Gasteiger partial charge in [-0.1, -0.05) is 18.2 Å². The van der Waals surface area contributed by atoms with Crippen molar-refractivity contribution in [2.75, 3.05) is 11.9 Å². The molecule has 2 N–H and O–H groups in total. The highest BCUT2D eigenvalue weighted by Gasteiger charge is 2.04. The van der Waals surface area contributed by atoms with Crippen LogP contribution < -0.4 is 5.32 Å². The number of H-pyrrole nitrogens is 1. The number of aromatic nitrogens is 1. The molecule has 0 aliphatic rings. The molecule has 0 atom stereocenters. The Bertz CT molecular complexity index is 893. The van der Waals surface area contributed by atoms with E-state index in [1.165, 1.54) is 10.9 Å². The summed E-state index contributed by atoms with van der Waals surface area (Å²) in [6.07, 6.45) is 2.91. The number of aromatic amines is 1. The van der Waals surface area contributed by atoms with Crippen molar-refractivity contribution in [3.8, 4) is 12.1 Å². The Morgan fingerprint density at radius 3 is 2.64 bits per heavy atom. The number of rotatable bonds is 4. The summed E-state index contributed by atoms with van der Waals surface area (Å²) in [5.41, 5.74) is 4.07. The first-order valence-corrected chi connectivity index (χ1v) is 7.05. The van der Waals surface area contributed by atoms with Crippen LogP contribution in [0.3, 0.4) is 0 Å². The minimum absolute atomic E-state index is 0.402. The van der Waals surface area contributed by atoms with Gasteiger partial charge in [0.25, 0.3) is 0 Å². The maximum atomic E-state index is 9.03. The number of fused-ring (bicyclic) bond motifs is 1. The lowest BCUT2D eigenvalue weighted by molar-refractivity contribution is 1.03. The van der Waals surface area contributed by atoms with Gasteiger partial charge in [-0.2, -0.15) is 10.5 Å². The zero-order valence-electron chi connectivity index (χ0n) is 11.9. The summed E-state index contributed by atoms with van der Waals surface area (Å²) in [4.78, 5) is 3.26. The fourth-order valence-corrected chi connectivity index (χ4v) is 2.52. The SMILES string of the molecule is N#Cc1ccc(NCCc2c[nH]c3ccccc23)cc1C#N. The molecule has 0 aliphatic carbocycles. The molecule has 0 saturated carbocycles. The van der Waals surface area contributed by atoms with Crippen molar-refractivity contribution in [3.05, 3.63) is 65.4 Å². The van der Waals surface area contributed by atoms with Gasteiger partial charge in [0.05, 0.1) is 11.1 Å². The van der Waals surface area contributed by atoms with E-state index < -0.39 is 0 Å². The lowest BCUT2D eigenvalue weighted by Crippen LogP contribution is -2.05. The molecule has 0 radical (unpaired) electrons. The molecule has 0 unspecified atom stereocenters. The van der Waals surface area contributed by atoms with Gasteiger partial charge < -0.3 is 10.3 Å². The molecular formula is C18H14N4. The molecule has 3 rings (SSSR count). The van der Waals surface area contributed by atoms with Gasteiger partial charge in [-0.05, 0) is 36.2 Å². The van der Waals surface area contributed by atoms with Gasteiger partial charge in [-0.15, -0.1) is 0 Å². The van der Waals surface area contributed by atoms with Crippen LogP contribution in [-0.2, 0) is 6.42 Å². The van der Waals surface area contributed by atoms with Crippen molar-refractivity contribution >= 4 is 16.6 Å². The standard InChI is InChI=1S/C18H14N4/c19-10-13-5-6-16(9-15(13)11-20)21-8-7-14-12-22-18-4-2-1-3-17(14)18/h1-6,9,12,21-22H,7-8H2. The monoisotopic (exact) mass is 286 g/mol. The predicted octanol–water partition coefficient (Wildman–Crippen LogP) is 3.57. The zero-order chi connectivity index (χ0) is 15.4. The van der Waals surface area contributed by atoms with Gasteiger partial charge >= 0.3 is 0 Å². The molecule has 0 aliphatic heterocycles. The molecule has 0 bridgehead atoms. The number of nitrogens with one attached hydrogen (secondary N) is 2. The van der Waals surface area contributed by atoms with Crippen LogP contribution in [0.2, 0.25) is 0 Å². The summed E-state index contributed by atoms with van der Waals surface area (Å²) < 4.78 is 0. The Hall–Kier alpha value is -3.24. The highest BCUT2D eigenvalue weighted by Crippen LogP contribution is 2.19. The van der Waals surface area contributed by atoms with Crippen LogP contribution in [-0.4, -0.2) is 11.5 Å². The van der Waals surface area contributed by atoms with Crippen LogP contribution in [0.1, 0.15) is 16.7 Å². The van der Waals surface area contributed by atoms with E-state index in [0.717, 1.165) is 24.2 Å². The number of hydrogen-bond donors (Lipinski definition) is 2. The third-order valence-corrected chi connectivity index (χ3v) is 3.66. The van der Waals surface area contributed by atoms with E-state index in [0.29, 0.717) is 11.1 Å². The Morgan fingerprint density at radius 1 is 1.00 bits per heavy atom. The van der Waals surface area contributed by atoms with Crippen LogP contribution in [0, 0.1) is 22.7 Å². The van der Waals surface area contributed by atoms with Crippen molar-refractivity contribution in [3.63, 3.8) is 0 Å². The Kier molecular flexibility index (Phi) is 3.76. The predicted molar refractivity (Wildman–Crippen MR) is 86.4 cm³/mol. The van der Waals surface area contributed by atoms with Crippen molar-refractivity contribution in [1.29, 1.82) is 10.5 Å². The second kappa shape index (κ2) is 6.03. The molecule has 3 aromatic rings. The maximum Gasteiger partial charge on any atom is 0.101 e. The van der Waals surface area contributed by atoms with E-state index in [1.54, 1.807) is 12.1 Å². The Morgan fingerprint density at radius 2 is 1.82 bits per heavy atom. The first kappa shape index (κ1) is 13.7. The van der Waals surface area contributed by atoms with Gasteiger partial charge in [-0.25, -0.2) is 0 Å². The highest BCUT2D eigenvalue weighted by molar-refractivity contribution is 5.83. The lowest BCUT2D eigenvalue weighted by atomic mass is 10.1. The minimum Gasteiger partial charge on any atom is -0.385 e. The molecule has 106 valence electrons. The van der Waals surface area contributed by atoms with Gasteiger partial charge in [-0.3, -0.25) is 0 Å². The van der Waals surface area contributed by atoms with E-state index in [4.69, 9.17) is 10.5 Å². The Labute approximate surface area is 128 Å². The van der Waals surface area contributed by atoms with Crippen molar-refractivity contribution in [1.82, 2.24) is 4.98 Å². The quantitative estimate of drug-likeness (QED) is 0.770. The molecule has 0 saturated heterocycles. The van der Waals surface area contributed by atoms with Gasteiger partial charge in [0.15, 0.2) is 0 Å². The number of hydrogen-bond acceptors (Lipinski definition) is 3. The van der Waals surface area contributed by atoms with Crippen LogP contribution in [0.4, 0.5) is 5.69 Å². The highest BCUT2D eigenvalue weighted by atomic mass is 14.9. The average molecular weight is 286 g/mol. The molecule has 2 aromatic carbocycles. The molecule has 0 amide bonds. The molecule has 0 fully saturated rings. The normalized spacial score (nSPS) is 10.1. The van der Waals surface area contributed by atoms with Crippen molar-refractivity contribution in [2.45, 2.75) is 6.42 Å². The third-order valence-electron chi connectivity index (χ3n) is 3.66. The van der Waals surface area contributed by atoms with E-state index in [1.807, 2.05) is 36.5 Å². The summed E-state index contributed by atoms with van der Waals surface area (Å²) in [6.45, 7) is 0.763. The molecular weight excluding hydrogens is 272 g/mol. The first-order valence-electron chi connectivity index (χ1n) is 7.05. The Balaban J connectivity index is 1.69. The molecule has 1 heterocycles. The average Bonchev–Trinajstić information content (AvgIpc) is 2.98. The lowest BCUT2D eigenvalue weighted by Gasteiger charge is -2.07. The number of benzene rings is 2. The number of anilines is 1. The summed E-state index contributed by atoms with van der Waals surface area (Å²) in [5, 5.41) is 22.5. The second-order valence-corrected chi connectivity index (χ2v) is 5.02. The molecule has 4 heteroatoms. The molecule has 1 aromatic heterocycles. The van der Waals surface area contributed by atoms with Gasteiger partial charge in [0.1, 0.15) is 12.1 Å². The smallest absolute Gasteiger partial charge is 0.101 e. The van der Waals surface area contributed by atoms with E-state index in [9.17, 15) is 0 Å². The minimum atomic E-state index is 0.402. The summed E-state index contributed by atoms with van der Waals surface area (Å²) in [6, 6.07) is 17.5. The topological polar surface area (TPSA) is 75.4 Å². The molecule has 4 nitrogen and oxygen atoms in total. The van der Waals surface area contributed by atoms with E-state index in [-0.39, 0.29) is 0 Å². The van der Waals surface area contributed by atoms with Crippen LogP contribution in [0.15, 0.2) is 48.7 Å². The number of nitrogens with zero attached hydrogens (tertiary/aromatic N) is 2. The summed E-state index contributed by atoms with van der Waals surface area (Å²) >= 11 is 0. The fraction of sp³-hybridized carbons (Fsp3) is 0.111. The van der Waals surface area contributed by atoms with Gasteiger partial charge in [0, 0.05) is 29.3 Å². The fourth-order valence-electron chi connectivity index (χ4n) is 2.52. The van der Waals surface area contributed by atoms with Gasteiger partial charge in [0.2, 0.25) is 0 Å². The van der Waals surface area contributed by atoms with Crippen molar-refractivity contribution < 1.29 is 0 Å². The molecule has 22 heavy (non-hydrogen) atoms. The van der Waals surface area contributed by atoms with E-state index in [2.05, 4.69) is 22.4 Å². The van der Waals surface area contributed by atoms with Crippen molar-refractivity contribution in [2.24, 2.45) is 0 Å². The zero-order valence-corrected chi connectivity index (χ0v) is 11.9. The summed E-state index contributed by atoms with van der Waals surface area (Å²) in [7, 11) is 0. The van der Waals surface area contributed by atoms with Crippen LogP contribution in [0.5, 0.6) is 0 Å². The van der Waals surface area contributed by atoms with Crippen LogP contribution in [0.25, 0.3) is 10.9 Å². The largest absolute Gasteiger partial charge is 0.385 e. The number of nitriles is 2. The maximum absolute atomic E-state index is 9.03. The van der Waals surface area contributed by atoms with Crippen LogP contribution >= 0.6 is 0 Å². The first-order chi connectivity index (χ1) is 10.8. The number of para-hydroxylation sites is 1. The summed E-state index contributed by atoms with van der Waals surface area (Å²) in [5.74, 6) is 0. The van der Waals surface area contributed by atoms with E-state index >= 15 is 0 Å². The second-order valence-electron chi connectivity index (χ2n) is 5.02. The third kappa shape index (κ3) is 2.63. The molecule has 0 spiro atoms.